The number of benzene rings is 2. The van der Waals surface area contributed by atoms with Crippen molar-refractivity contribution in [2.45, 2.75) is 34.6 Å². The van der Waals surface area contributed by atoms with Gasteiger partial charge in [-0.05, 0) is 65.3 Å². The highest BCUT2D eigenvalue weighted by molar-refractivity contribution is 5.89. The molecule has 0 amide bonds. The minimum atomic E-state index is 0.929. The summed E-state index contributed by atoms with van der Waals surface area (Å²) in [5.41, 5.74) is 8.77. The van der Waals surface area contributed by atoms with Crippen molar-refractivity contribution >= 4 is 11.8 Å². The highest BCUT2D eigenvalue weighted by Gasteiger charge is 2.15. The first-order chi connectivity index (χ1) is 14.5. The smallest absolute Gasteiger partial charge is 0.0278 e. The summed E-state index contributed by atoms with van der Waals surface area (Å²) in [6, 6.07) is 18.9. The molecule has 30 heavy (non-hydrogen) atoms. The molecule has 0 aliphatic carbocycles. The molecule has 0 saturated heterocycles. The summed E-state index contributed by atoms with van der Waals surface area (Å²) in [6.07, 6.45) is 7.95. The van der Waals surface area contributed by atoms with Gasteiger partial charge in [-0.2, -0.15) is 0 Å². The van der Waals surface area contributed by atoms with Crippen LogP contribution in [0.1, 0.15) is 44.4 Å². The van der Waals surface area contributed by atoms with Crippen molar-refractivity contribution in [2.75, 3.05) is 7.05 Å². The van der Waals surface area contributed by atoms with Crippen molar-refractivity contribution in [3.63, 3.8) is 0 Å². The molecule has 0 saturated carbocycles. The minimum absolute atomic E-state index is 0.929. The predicted octanol–water partition coefficient (Wildman–Crippen LogP) is 8.16. The Bertz CT molecular complexity index is 966. The van der Waals surface area contributed by atoms with Crippen LogP contribution < -0.4 is 0 Å². The summed E-state index contributed by atoms with van der Waals surface area (Å²) in [6.45, 7) is 18.8. The molecule has 0 heterocycles. The SMILES string of the molecule is C=C(C)/C(C(=C)/C=C/C(C=NC)=C/C)=C(/c1ccccc1)c1ccccc1C.CC. The molecule has 1 heteroatoms. The Kier molecular flexibility index (Phi) is 10.9. The standard InChI is InChI=1S/C27H29N.C2H6/c1-7-23(19-28-6)18-17-22(5)26(20(2)3)27(24-14-9-8-10-15-24)25-16-12-11-13-21(25)4;1-2/h7-19H,2,5H2,1,3-4,6H3;1-2H3/b18-17+,23-7-,27-26+,28-19?;. The van der Waals surface area contributed by atoms with Crippen LogP contribution >= 0.6 is 0 Å². The molecule has 0 aliphatic rings. The lowest BCUT2D eigenvalue weighted by Gasteiger charge is -2.19. The fourth-order valence-corrected chi connectivity index (χ4v) is 3.18. The molecule has 0 radical (unpaired) electrons. The van der Waals surface area contributed by atoms with Gasteiger partial charge in [-0.1, -0.05) is 99.8 Å². The van der Waals surface area contributed by atoms with Crippen LogP contribution in [0, 0.1) is 6.92 Å². The third kappa shape index (κ3) is 6.70. The number of aliphatic imine (C=N–C) groups is 1. The molecule has 2 aromatic carbocycles. The topological polar surface area (TPSA) is 12.4 Å². The van der Waals surface area contributed by atoms with Gasteiger partial charge in [0.2, 0.25) is 0 Å². The van der Waals surface area contributed by atoms with Crippen LogP contribution in [0.15, 0.2) is 113 Å². The van der Waals surface area contributed by atoms with Crippen molar-refractivity contribution < 1.29 is 0 Å². The van der Waals surface area contributed by atoms with Gasteiger partial charge < -0.3 is 0 Å². The van der Waals surface area contributed by atoms with E-state index in [4.69, 9.17) is 0 Å². The zero-order valence-electron chi connectivity index (χ0n) is 19.4. The van der Waals surface area contributed by atoms with E-state index in [1.54, 1.807) is 7.05 Å². The first-order valence-corrected chi connectivity index (χ1v) is 10.5. The second-order valence-electron chi connectivity index (χ2n) is 6.75. The third-order valence-electron chi connectivity index (χ3n) is 4.56. The lowest BCUT2D eigenvalue weighted by molar-refractivity contribution is 1.35. The van der Waals surface area contributed by atoms with Crippen LogP contribution in [0.2, 0.25) is 0 Å². The normalized spacial score (nSPS) is 12.4. The molecular formula is C29H35N. The number of rotatable bonds is 7. The zero-order valence-corrected chi connectivity index (χ0v) is 19.4. The Morgan fingerprint density at radius 2 is 1.50 bits per heavy atom. The number of allylic oxidation sites excluding steroid dienone is 7. The highest BCUT2D eigenvalue weighted by Crippen LogP contribution is 2.35. The van der Waals surface area contributed by atoms with Gasteiger partial charge in [-0.25, -0.2) is 0 Å². The molecule has 0 unspecified atom stereocenters. The molecule has 2 aromatic rings. The van der Waals surface area contributed by atoms with Crippen LogP contribution in [0.25, 0.3) is 5.57 Å². The summed E-state index contributed by atoms with van der Waals surface area (Å²) in [5.74, 6) is 0. The number of nitrogens with zero attached hydrogens (tertiary/aromatic N) is 1. The fourth-order valence-electron chi connectivity index (χ4n) is 3.18. The minimum Gasteiger partial charge on any atom is -0.296 e. The van der Waals surface area contributed by atoms with E-state index in [0.717, 1.165) is 33.4 Å². The van der Waals surface area contributed by atoms with Crippen molar-refractivity contribution in [2.24, 2.45) is 4.99 Å². The maximum Gasteiger partial charge on any atom is 0.0278 e. The van der Waals surface area contributed by atoms with Gasteiger partial charge in [0.25, 0.3) is 0 Å². The lowest BCUT2D eigenvalue weighted by atomic mass is 9.85. The van der Waals surface area contributed by atoms with E-state index in [2.05, 4.69) is 73.6 Å². The Hall–Kier alpha value is -3.19. The summed E-state index contributed by atoms with van der Waals surface area (Å²) in [7, 11) is 1.77. The van der Waals surface area contributed by atoms with Crippen LogP contribution in [-0.2, 0) is 0 Å². The van der Waals surface area contributed by atoms with E-state index >= 15 is 0 Å². The molecule has 156 valence electrons. The Morgan fingerprint density at radius 1 is 0.900 bits per heavy atom. The molecule has 0 fully saturated rings. The molecule has 0 aromatic heterocycles. The van der Waals surface area contributed by atoms with Gasteiger partial charge in [-0.3, -0.25) is 4.99 Å². The maximum atomic E-state index is 4.37. The zero-order chi connectivity index (χ0) is 22.5. The van der Waals surface area contributed by atoms with Crippen molar-refractivity contribution in [3.05, 3.63) is 125 Å². The van der Waals surface area contributed by atoms with Crippen LogP contribution in [0.4, 0.5) is 0 Å². The van der Waals surface area contributed by atoms with E-state index in [1.165, 1.54) is 11.1 Å². The molecular weight excluding hydrogens is 362 g/mol. The van der Waals surface area contributed by atoms with Crippen LogP contribution in [-0.4, -0.2) is 13.3 Å². The van der Waals surface area contributed by atoms with Gasteiger partial charge in [0, 0.05) is 13.3 Å². The van der Waals surface area contributed by atoms with Gasteiger partial charge in [0.1, 0.15) is 0 Å². The van der Waals surface area contributed by atoms with Crippen molar-refractivity contribution in [1.29, 1.82) is 0 Å². The summed E-state index contributed by atoms with van der Waals surface area (Å²) >= 11 is 0. The third-order valence-corrected chi connectivity index (χ3v) is 4.56. The van der Waals surface area contributed by atoms with Gasteiger partial charge >= 0.3 is 0 Å². The lowest BCUT2D eigenvalue weighted by Crippen LogP contribution is -2.00. The largest absolute Gasteiger partial charge is 0.296 e. The predicted molar refractivity (Wildman–Crippen MR) is 136 cm³/mol. The molecule has 0 aliphatic heterocycles. The molecule has 2 rings (SSSR count). The van der Waals surface area contributed by atoms with Gasteiger partial charge in [0.05, 0.1) is 0 Å². The van der Waals surface area contributed by atoms with E-state index < -0.39 is 0 Å². The second kappa shape index (κ2) is 13.1. The molecule has 0 N–H and O–H groups in total. The Balaban J connectivity index is 0.00000218. The van der Waals surface area contributed by atoms with E-state index in [9.17, 15) is 0 Å². The summed E-state index contributed by atoms with van der Waals surface area (Å²) in [5, 5.41) is 0. The van der Waals surface area contributed by atoms with Gasteiger partial charge in [0.15, 0.2) is 0 Å². The molecule has 0 atom stereocenters. The summed E-state index contributed by atoms with van der Waals surface area (Å²) in [4.78, 5) is 4.10. The van der Waals surface area contributed by atoms with Crippen molar-refractivity contribution in [3.8, 4) is 0 Å². The van der Waals surface area contributed by atoms with Gasteiger partial charge in [-0.15, -0.1) is 0 Å². The first kappa shape index (κ1) is 24.8. The molecule has 1 nitrogen and oxygen atoms in total. The highest BCUT2D eigenvalue weighted by atomic mass is 14.6. The quantitative estimate of drug-likeness (QED) is 0.330. The number of hydrogen-bond donors (Lipinski definition) is 0. The average Bonchev–Trinajstić information content (AvgIpc) is 2.77. The second-order valence-corrected chi connectivity index (χ2v) is 6.75. The Morgan fingerprint density at radius 3 is 2.03 bits per heavy atom. The first-order valence-electron chi connectivity index (χ1n) is 10.5. The number of aryl methyl sites for hydroxylation is 1. The van der Waals surface area contributed by atoms with E-state index in [0.29, 0.717) is 0 Å². The average molecular weight is 398 g/mol. The maximum absolute atomic E-state index is 4.37. The fraction of sp³-hybridized carbons (Fsp3) is 0.207. The van der Waals surface area contributed by atoms with Crippen molar-refractivity contribution in [1.82, 2.24) is 0 Å². The monoisotopic (exact) mass is 397 g/mol. The van der Waals surface area contributed by atoms with E-state index in [1.807, 2.05) is 58.2 Å². The molecule has 0 spiro atoms. The number of hydrogen-bond acceptors (Lipinski definition) is 1. The Labute approximate surface area is 183 Å². The van der Waals surface area contributed by atoms with E-state index in [-0.39, 0.29) is 0 Å². The van der Waals surface area contributed by atoms with Crippen LogP contribution in [0.3, 0.4) is 0 Å². The van der Waals surface area contributed by atoms with Crippen LogP contribution in [0.5, 0.6) is 0 Å². The molecule has 0 bridgehead atoms. The summed E-state index contributed by atoms with van der Waals surface area (Å²) < 4.78 is 0.